The molecule has 28 heavy (non-hydrogen) atoms. The van der Waals surface area contributed by atoms with Gasteiger partial charge in [-0.1, -0.05) is 30.3 Å². The highest BCUT2D eigenvalue weighted by Gasteiger charge is 2.06. The molecular weight excluding hydrogens is 483 g/mol. The van der Waals surface area contributed by atoms with Gasteiger partial charge in [-0.3, -0.25) is 4.68 Å². The molecule has 0 amide bonds. The number of guanidine groups is 1. The van der Waals surface area contributed by atoms with Crippen molar-refractivity contribution in [1.82, 2.24) is 25.4 Å². The van der Waals surface area contributed by atoms with Gasteiger partial charge in [0.15, 0.2) is 5.96 Å². The second-order valence-electron chi connectivity index (χ2n) is 6.32. The third-order valence-corrected chi connectivity index (χ3v) is 5.13. The number of aryl methyl sites for hydroxylation is 2. The largest absolute Gasteiger partial charge is 0.357 e. The number of aliphatic imine (C=N–C) groups is 1. The van der Waals surface area contributed by atoms with Crippen LogP contribution in [0.5, 0.6) is 0 Å². The molecule has 0 saturated heterocycles. The summed E-state index contributed by atoms with van der Waals surface area (Å²) in [4.78, 5) is 10.4. The minimum absolute atomic E-state index is 0. The first-order valence-electron chi connectivity index (χ1n) is 9.14. The van der Waals surface area contributed by atoms with Gasteiger partial charge in [-0.05, 0) is 26.3 Å². The maximum atomic E-state index is 4.68. The van der Waals surface area contributed by atoms with Gasteiger partial charge in [0.1, 0.15) is 0 Å². The van der Waals surface area contributed by atoms with Crippen LogP contribution in [0, 0.1) is 13.8 Å². The maximum absolute atomic E-state index is 4.68. The Kier molecular flexibility index (Phi) is 8.91. The molecule has 0 bridgehead atoms. The van der Waals surface area contributed by atoms with E-state index in [4.69, 9.17) is 0 Å². The van der Waals surface area contributed by atoms with E-state index >= 15 is 0 Å². The summed E-state index contributed by atoms with van der Waals surface area (Å²) in [6.07, 6.45) is 3.93. The molecule has 3 rings (SSSR count). The van der Waals surface area contributed by atoms with Crippen molar-refractivity contribution in [2.75, 3.05) is 6.54 Å². The predicted octanol–water partition coefficient (Wildman–Crippen LogP) is 3.88. The predicted molar refractivity (Wildman–Crippen MR) is 126 cm³/mol. The van der Waals surface area contributed by atoms with E-state index in [1.165, 1.54) is 10.4 Å². The topological polar surface area (TPSA) is 67.1 Å². The lowest BCUT2D eigenvalue weighted by Gasteiger charge is -2.10. The number of rotatable bonds is 7. The van der Waals surface area contributed by atoms with Crippen LogP contribution >= 0.6 is 35.3 Å². The number of hydrogen-bond donors (Lipinski definition) is 2. The van der Waals surface area contributed by atoms with Crippen molar-refractivity contribution >= 4 is 41.3 Å². The van der Waals surface area contributed by atoms with Gasteiger partial charge in [0.2, 0.25) is 0 Å². The molecule has 1 aromatic carbocycles. The second kappa shape index (κ2) is 11.2. The molecule has 0 spiro atoms. The highest BCUT2D eigenvalue weighted by molar-refractivity contribution is 14.0. The van der Waals surface area contributed by atoms with Gasteiger partial charge < -0.3 is 10.6 Å². The fourth-order valence-corrected chi connectivity index (χ4v) is 3.64. The van der Waals surface area contributed by atoms with Gasteiger partial charge in [0.25, 0.3) is 0 Å². The van der Waals surface area contributed by atoms with Gasteiger partial charge in [0, 0.05) is 23.2 Å². The van der Waals surface area contributed by atoms with Gasteiger partial charge >= 0.3 is 0 Å². The van der Waals surface area contributed by atoms with Crippen molar-refractivity contribution in [3.8, 4) is 0 Å². The summed E-state index contributed by atoms with van der Waals surface area (Å²) in [5.74, 6) is 0.804. The molecule has 2 aromatic heterocycles. The Bertz CT molecular complexity index is 887. The Labute approximate surface area is 187 Å². The number of aromatic nitrogens is 3. The Balaban J connectivity index is 0.00000280. The van der Waals surface area contributed by atoms with Crippen LogP contribution in [0.2, 0.25) is 0 Å². The van der Waals surface area contributed by atoms with Crippen molar-refractivity contribution in [3.05, 3.63) is 69.4 Å². The highest BCUT2D eigenvalue weighted by Crippen LogP contribution is 2.16. The molecular formula is C20H27IN6S. The monoisotopic (exact) mass is 510 g/mol. The zero-order valence-corrected chi connectivity index (χ0v) is 19.6. The lowest BCUT2D eigenvalue weighted by atomic mass is 10.2. The standard InChI is InChI=1S/C20H26N6S.HI/c1-4-21-20(23-12-19-15(2)25-16(3)27-19)22-10-18-11-24-26(14-18)13-17-8-6-5-7-9-17;/h5-9,11,14H,4,10,12-13H2,1-3H3,(H2,21,22,23);1H. The Morgan fingerprint density at radius 2 is 1.93 bits per heavy atom. The molecule has 0 atom stereocenters. The second-order valence-corrected chi connectivity index (χ2v) is 7.61. The van der Waals surface area contributed by atoms with E-state index in [1.54, 1.807) is 11.3 Å². The SMILES string of the molecule is CCNC(=NCc1cnn(Cc2ccccc2)c1)NCc1sc(C)nc1C.I. The molecule has 0 unspecified atom stereocenters. The first-order valence-corrected chi connectivity index (χ1v) is 9.96. The zero-order valence-electron chi connectivity index (χ0n) is 16.5. The smallest absolute Gasteiger partial charge is 0.191 e. The molecule has 0 aliphatic rings. The lowest BCUT2D eigenvalue weighted by molar-refractivity contribution is 0.686. The van der Waals surface area contributed by atoms with Crippen molar-refractivity contribution in [1.29, 1.82) is 0 Å². The summed E-state index contributed by atoms with van der Waals surface area (Å²) in [7, 11) is 0. The summed E-state index contributed by atoms with van der Waals surface area (Å²) in [5.41, 5.74) is 3.41. The van der Waals surface area contributed by atoms with E-state index in [0.29, 0.717) is 6.54 Å². The number of nitrogens with zero attached hydrogens (tertiary/aromatic N) is 4. The number of thiazole rings is 1. The van der Waals surface area contributed by atoms with E-state index in [0.717, 1.165) is 41.9 Å². The molecule has 3 aromatic rings. The van der Waals surface area contributed by atoms with E-state index < -0.39 is 0 Å². The first-order chi connectivity index (χ1) is 13.1. The lowest BCUT2D eigenvalue weighted by Crippen LogP contribution is -2.36. The molecule has 0 aliphatic carbocycles. The van der Waals surface area contributed by atoms with E-state index in [-0.39, 0.29) is 24.0 Å². The molecule has 0 radical (unpaired) electrons. The van der Waals surface area contributed by atoms with Gasteiger partial charge in [-0.2, -0.15) is 5.10 Å². The van der Waals surface area contributed by atoms with Crippen LogP contribution in [-0.2, 0) is 19.6 Å². The highest BCUT2D eigenvalue weighted by atomic mass is 127. The van der Waals surface area contributed by atoms with E-state index in [1.807, 2.05) is 42.9 Å². The first kappa shape index (κ1) is 22.4. The molecule has 2 N–H and O–H groups in total. The molecule has 0 aliphatic heterocycles. The zero-order chi connectivity index (χ0) is 19.1. The fraction of sp³-hybridized carbons (Fsp3) is 0.350. The maximum Gasteiger partial charge on any atom is 0.191 e. The summed E-state index contributed by atoms with van der Waals surface area (Å²) in [6.45, 7) is 9.06. The minimum Gasteiger partial charge on any atom is -0.357 e. The minimum atomic E-state index is 0. The van der Waals surface area contributed by atoms with Crippen LogP contribution in [-0.4, -0.2) is 27.3 Å². The number of hydrogen-bond acceptors (Lipinski definition) is 4. The fourth-order valence-electron chi connectivity index (χ4n) is 2.76. The summed E-state index contributed by atoms with van der Waals surface area (Å²) in [6, 6.07) is 10.3. The Morgan fingerprint density at radius 1 is 1.14 bits per heavy atom. The normalized spacial score (nSPS) is 11.2. The quantitative estimate of drug-likeness (QED) is 0.288. The van der Waals surface area contributed by atoms with Gasteiger partial charge in [0.05, 0.1) is 36.5 Å². The van der Waals surface area contributed by atoms with Crippen molar-refractivity contribution in [3.63, 3.8) is 0 Å². The van der Waals surface area contributed by atoms with Crippen LogP contribution in [0.4, 0.5) is 0 Å². The number of halogens is 1. The van der Waals surface area contributed by atoms with E-state index in [9.17, 15) is 0 Å². The average Bonchev–Trinajstić information content (AvgIpc) is 3.24. The van der Waals surface area contributed by atoms with Crippen molar-refractivity contribution in [2.24, 2.45) is 4.99 Å². The van der Waals surface area contributed by atoms with Crippen LogP contribution in [0.3, 0.4) is 0 Å². The molecule has 6 nitrogen and oxygen atoms in total. The molecule has 8 heteroatoms. The van der Waals surface area contributed by atoms with Crippen LogP contribution < -0.4 is 10.6 Å². The molecule has 150 valence electrons. The summed E-state index contributed by atoms with van der Waals surface area (Å²) in [5, 5.41) is 12.2. The van der Waals surface area contributed by atoms with Crippen molar-refractivity contribution < 1.29 is 0 Å². The van der Waals surface area contributed by atoms with Crippen LogP contribution in [0.25, 0.3) is 0 Å². The molecule has 0 saturated carbocycles. The average molecular weight is 510 g/mol. The Hall–Kier alpha value is -1.94. The molecule has 0 fully saturated rings. The van der Waals surface area contributed by atoms with Crippen molar-refractivity contribution in [2.45, 2.75) is 40.4 Å². The van der Waals surface area contributed by atoms with Gasteiger partial charge in [-0.25, -0.2) is 9.98 Å². The summed E-state index contributed by atoms with van der Waals surface area (Å²) >= 11 is 1.72. The Morgan fingerprint density at radius 3 is 2.61 bits per heavy atom. The van der Waals surface area contributed by atoms with Gasteiger partial charge in [-0.15, -0.1) is 35.3 Å². The third kappa shape index (κ3) is 6.59. The number of nitrogens with one attached hydrogen (secondary N) is 2. The van der Waals surface area contributed by atoms with Crippen LogP contribution in [0.1, 0.15) is 33.6 Å². The third-order valence-electron chi connectivity index (χ3n) is 4.05. The number of benzene rings is 1. The van der Waals surface area contributed by atoms with Crippen LogP contribution in [0.15, 0.2) is 47.7 Å². The summed E-state index contributed by atoms with van der Waals surface area (Å²) < 4.78 is 1.95. The van der Waals surface area contributed by atoms with E-state index in [2.05, 4.69) is 51.0 Å². The molecule has 2 heterocycles.